The normalized spacial score (nSPS) is 13.0. The molecule has 0 spiro atoms. The van der Waals surface area contributed by atoms with Gasteiger partial charge in [-0.05, 0) is 31.0 Å². The Bertz CT molecular complexity index is 697. The van der Waals surface area contributed by atoms with Crippen molar-refractivity contribution in [1.82, 2.24) is 4.72 Å². The number of nitrogens with one attached hydrogen (secondary N) is 1. The van der Waals surface area contributed by atoms with Crippen LogP contribution in [0.2, 0.25) is 0 Å². The molecule has 0 bridgehead atoms. The summed E-state index contributed by atoms with van der Waals surface area (Å²) in [6.45, 7) is 1.72. The van der Waals surface area contributed by atoms with Gasteiger partial charge in [0, 0.05) is 6.04 Å². The SMILES string of the molecule is CC(Cc1ccccc1)NS(=O)(=O)c1c(N)cccc1F. The minimum Gasteiger partial charge on any atom is -0.398 e. The van der Waals surface area contributed by atoms with E-state index in [1.54, 1.807) is 6.92 Å². The number of hydrogen-bond acceptors (Lipinski definition) is 3. The lowest BCUT2D eigenvalue weighted by Gasteiger charge is -2.15. The van der Waals surface area contributed by atoms with Crippen molar-refractivity contribution in [3.63, 3.8) is 0 Å². The fourth-order valence-electron chi connectivity index (χ4n) is 2.14. The highest BCUT2D eigenvalue weighted by Crippen LogP contribution is 2.21. The summed E-state index contributed by atoms with van der Waals surface area (Å²) >= 11 is 0. The average Bonchev–Trinajstić information content (AvgIpc) is 2.38. The Morgan fingerprint density at radius 2 is 1.81 bits per heavy atom. The molecule has 2 aromatic rings. The fraction of sp³-hybridized carbons (Fsp3) is 0.200. The molecule has 0 amide bonds. The van der Waals surface area contributed by atoms with Crippen LogP contribution in [0.25, 0.3) is 0 Å². The molecule has 2 aromatic carbocycles. The third-order valence-corrected chi connectivity index (χ3v) is 4.69. The summed E-state index contributed by atoms with van der Waals surface area (Å²) in [5, 5.41) is 0. The van der Waals surface area contributed by atoms with E-state index in [4.69, 9.17) is 5.73 Å². The molecule has 2 rings (SSSR count). The maximum absolute atomic E-state index is 13.7. The van der Waals surface area contributed by atoms with Crippen molar-refractivity contribution in [3.8, 4) is 0 Å². The van der Waals surface area contributed by atoms with Crippen molar-refractivity contribution >= 4 is 15.7 Å². The minimum absolute atomic E-state index is 0.102. The van der Waals surface area contributed by atoms with Gasteiger partial charge in [0.25, 0.3) is 0 Å². The molecule has 0 saturated carbocycles. The maximum Gasteiger partial charge on any atom is 0.245 e. The molecule has 6 heteroatoms. The van der Waals surface area contributed by atoms with Crippen LogP contribution in [0.5, 0.6) is 0 Å². The first-order valence-corrected chi connectivity index (χ1v) is 7.98. The summed E-state index contributed by atoms with van der Waals surface area (Å²) in [7, 11) is -3.99. The van der Waals surface area contributed by atoms with E-state index in [-0.39, 0.29) is 11.7 Å². The molecule has 0 aliphatic rings. The first-order chi connectivity index (χ1) is 9.90. The van der Waals surface area contributed by atoms with Crippen LogP contribution in [0.1, 0.15) is 12.5 Å². The lowest BCUT2D eigenvalue weighted by Crippen LogP contribution is -2.35. The van der Waals surface area contributed by atoms with Gasteiger partial charge in [0.1, 0.15) is 10.7 Å². The second-order valence-electron chi connectivity index (χ2n) is 4.87. The van der Waals surface area contributed by atoms with Gasteiger partial charge in [-0.25, -0.2) is 17.5 Å². The monoisotopic (exact) mass is 308 g/mol. The molecular formula is C15H17FN2O2S. The number of rotatable bonds is 5. The number of halogens is 1. The summed E-state index contributed by atoms with van der Waals surface area (Å²) in [5.74, 6) is -0.852. The fourth-order valence-corrected chi connectivity index (χ4v) is 3.58. The number of hydrogen-bond donors (Lipinski definition) is 2. The van der Waals surface area contributed by atoms with Crippen molar-refractivity contribution in [3.05, 3.63) is 59.9 Å². The van der Waals surface area contributed by atoms with E-state index in [0.717, 1.165) is 11.6 Å². The van der Waals surface area contributed by atoms with Gasteiger partial charge in [-0.1, -0.05) is 36.4 Å². The van der Waals surface area contributed by atoms with Gasteiger partial charge in [0.15, 0.2) is 0 Å². The van der Waals surface area contributed by atoms with Gasteiger partial charge < -0.3 is 5.73 Å². The number of benzene rings is 2. The van der Waals surface area contributed by atoms with Gasteiger partial charge in [-0.2, -0.15) is 0 Å². The molecule has 0 aliphatic heterocycles. The van der Waals surface area contributed by atoms with Gasteiger partial charge >= 0.3 is 0 Å². The summed E-state index contributed by atoms with van der Waals surface area (Å²) in [6, 6.07) is 12.9. The summed E-state index contributed by atoms with van der Waals surface area (Å²) in [6.07, 6.45) is 0.508. The molecule has 1 unspecified atom stereocenters. The van der Waals surface area contributed by atoms with E-state index < -0.39 is 20.7 Å². The number of anilines is 1. The third-order valence-electron chi connectivity index (χ3n) is 3.01. The van der Waals surface area contributed by atoms with Crippen molar-refractivity contribution in [2.24, 2.45) is 0 Å². The van der Waals surface area contributed by atoms with Crippen molar-refractivity contribution in [2.45, 2.75) is 24.3 Å². The number of sulfonamides is 1. The van der Waals surface area contributed by atoms with Crippen LogP contribution in [0.15, 0.2) is 53.4 Å². The Kier molecular flexibility index (Phi) is 4.59. The van der Waals surface area contributed by atoms with Gasteiger partial charge in [-0.3, -0.25) is 0 Å². The van der Waals surface area contributed by atoms with Gasteiger partial charge in [0.05, 0.1) is 5.69 Å². The maximum atomic E-state index is 13.7. The van der Waals surface area contributed by atoms with Crippen LogP contribution in [0.4, 0.5) is 10.1 Å². The van der Waals surface area contributed by atoms with Crippen LogP contribution >= 0.6 is 0 Å². The number of nitrogen functional groups attached to an aromatic ring is 1. The Morgan fingerprint density at radius 1 is 1.14 bits per heavy atom. The summed E-state index contributed by atoms with van der Waals surface area (Å²) in [4.78, 5) is -0.495. The quantitative estimate of drug-likeness (QED) is 0.833. The largest absolute Gasteiger partial charge is 0.398 e. The average molecular weight is 308 g/mol. The molecule has 0 fully saturated rings. The molecule has 112 valence electrons. The van der Waals surface area contributed by atoms with Crippen LogP contribution in [-0.4, -0.2) is 14.5 Å². The van der Waals surface area contributed by atoms with Crippen LogP contribution in [0.3, 0.4) is 0 Å². The zero-order valence-electron chi connectivity index (χ0n) is 11.6. The van der Waals surface area contributed by atoms with E-state index >= 15 is 0 Å². The highest BCUT2D eigenvalue weighted by atomic mass is 32.2. The summed E-state index contributed by atoms with van der Waals surface area (Å²) < 4.78 is 40.7. The Balaban J connectivity index is 2.18. The van der Waals surface area contributed by atoms with Gasteiger partial charge in [-0.15, -0.1) is 0 Å². The van der Waals surface area contributed by atoms with E-state index in [1.165, 1.54) is 12.1 Å². The highest BCUT2D eigenvalue weighted by molar-refractivity contribution is 7.89. The van der Waals surface area contributed by atoms with Gasteiger partial charge in [0.2, 0.25) is 10.0 Å². The standard InChI is InChI=1S/C15H17FN2O2S/c1-11(10-12-6-3-2-4-7-12)18-21(19,20)15-13(16)8-5-9-14(15)17/h2-9,11,18H,10,17H2,1H3. The molecule has 3 N–H and O–H groups in total. The van der Waals surface area contributed by atoms with E-state index in [1.807, 2.05) is 30.3 Å². The van der Waals surface area contributed by atoms with Crippen LogP contribution in [-0.2, 0) is 16.4 Å². The molecule has 1 atom stereocenters. The van der Waals surface area contributed by atoms with E-state index in [2.05, 4.69) is 4.72 Å². The molecule has 4 nitrogen and oxygen atoms in total. The minimum atomic E-state index is -3.99. The molecule has 0 heterocycles. The van der Waals surface area contributed by atoms with Crippen molar-refractivity contribution in [2.75, 3.05) is 5.73 Å². The molecule has 21 heavy (non-hydrogen) atoms. The topological polar surface area (TPSA) is 72.2 Å². The van der Waals surface area contributed by atoms with Crippen LogP contribution in [0, 0.1) is 5.82 Å². The Hall–Kier alpha value is -1.92. The molecular weight excluding hydrogens is 291 g/mol. The molecule has 0 saturated heterocycles. The first kappa shape index (κ1) is 15.5. The zero-order chi connectivity index (χ0) is 15.5. The third kappa shape index (κ3) is 3.80. The van der Waals surface area contributed by atoms with E-state index in [0.29, 0.717) is 6.42 Å². The lowest BCUT2D eigenvalue weighted by molar-refractivity contribution is 0.543. The predicted octanol–water partition coefficient (Wildman–Crippen LogP) is 2.32. The lowest BCUT2D eigenvalue weighted by atomic mass is 10.1. The first-order valence-electron chi connectivity index (χ1n) is 6.50. The van der Waals surface area contributed by atoms with Crippen molar-refractivity contribution < 1.29 is 12.8 Å². The van der Waals surface area contributed by atoms with Crippen molar-refractivity contribution in [1.29, 1.82) is 0 Å². The highest BCUT2D eigenvalue weighted by Gasteiger charge is 2.24. The molecule has 0 radical (unpaired) electrons. The van der Waals surface area contributed by atoms with E-state index in [9.17, 15) is 12.8 Å². The molecule has 0 aliphatic carbocycles. The zero-order valence-corrected chi connectivity index (χ0v) is 12.4. The second kappa shape index (κ2) is 6.24. The smallest absolute Gasteiger partial charge is 0.245 e. The predicted molar refractivity (Wildman–Crippen MR) is 80.7 cm³/mol. The number of nitrogens with two attached hydrogens (primary N) is 1. The molecule has 0 aromatic heterocycles. The van der Waals surface area contributed by atoms with Crippen LogP contribution < -0.4 is 10.5 Å². The Morgan fingerprint density at radius 3 is 2.43 bits per heavy atom. The second-order valence-corrected chi connectivity index (χ2v) is 6.52. The Labute approximate surface area is 123 Å². The summed E-state index contributed by atoms with van der Waals surface area (Å²) in [5.41, 5.74) is 6.47.